The molecule has 19 heavy (non-hydrogen) atoms. The van der Waals surface area contributed by atoms with Crippen molar-refractivity contribution in [2.75, 3.05) is 0 Å². The summed E-state index contributed by atoms with van der Waals surface area (Å²) in [6.07, 6.45) is 3.06. The lowest BCUT2D eigenvalue weighted by Crippen LogP contribution is -2.32. The van der Waals surface area contributed by atoms with Gasteiger partial charge in [-0.05, 0) is 38.3 Å². The van der Waals surface area contributed by atoms with E-state index < -0.39 is 10.0 Å². The zero-order valence-electron chi connectivity index (χ0n) is 12.3. The van der Waals surface area contributed by atoms with Crippen molar-refractivity contribution in [2.24, 2.45) is 5.92 Å². The van der Waals surface area contributed by atoms with Crippen LogP contribution in [0.5, 0.6) is 0 Å². The quantitative estimate of drug-likeness (QED) is 0.832. The lowest BCUT2D eigenvalue weighted by atomic mass is 10.0. The van der Waals surface area contributed by atoms with Gasteiger partial charge in [0, 0.05) is 6.04 Å². The first-order valence-electron chi connectivity index (χ1n) is 6.90. The maximum absolute atomic E-state index is 12.1. The van der Waals surface area contributed by atoms with Gasteiger partial charge in [0.15, 0.2) is 0 Å². The van der Waals surface area contributed by atoms with Gasteiger partial charge in [0.2, 0.25) is 10.0 Å². The van der Waals surface area contributed by atoms with E-state index in [1.165, 1.54) is 0 Å². The van der Waals surface area contributed by atoms with Crippen molar-refractivity contribution in [3.05, 3.63) is 29.8 Å². The molecule has 0 aliphatic rings. The highest BCUT2D eigenvalue weighted by Gasteiger charge is 2.16. The van der Waals surface area contributed by atoms with Gasteiger partial charge in [0.05, 0.1) is 4.90 Å². The molecule has 0 spiro atoms. The second kappa shape index (κ2) is 7.06. The van der Waals surface area contributed by atoms with E-state index in [0.717, 1.165) is 24.8 Å². The number of hydrogen-bond acceptors (Lipinski definition) is 2. The first-order chi connectivity index (χ1) is 8.81. The molecular weight excluding hydrogens is 258 g/mol. The van der Waals surface area contributed by atoms with E-state index in [4.69, 9.17) is 0 Å². The maximum atomic E-state index is 12.1. The van der Waals surface area contributed by atoms with Gasteiger partial charge >= 0.3 is 0 Å². The van der Waals surface area contributed by atoms with Gasteiger partial charge in [-0.1, -0.05) is 44.4 Å². The molecule has 0 aromatic heterocycles. The molecule has 108 valence electrons. The molecule has 0 amide bonds. The van der Waals surface area contributed by atoms with Crippen LogP contribution in [0.1, 0.15) is 45.6 Å². The molecule has 0 aliphatic carbocycles. The summed E-state index contributed by atoms with van der Waals surface area (Å²) in [5.41, 5.74) is 1.06. The van der Waals surface area contributed by atoms with Gasteiger partial charge in [-0.15, -0.1) is 0 Å². The lowest BCUT2D eigenvalue weighted by molar-refractivity contribution is 0.488. The largest absolute Gasteiger partial charge is 0.240 e. The Morgan fingerprint density at radius 3 is 2.16 bits per heavy atom. The molecular formula is C15H25NO2S. The number of hydrogen-bond donors (Lipinski definition) is 1. The van der Waals surface area contributed by atoms with Gasteiger partial charge < -0.3 is 0 Å². The lowest BCUT2D eigenvalue weighted by Gasteiger charge is -2.15. The minimum Gasteiger partial charge on any atom is -0.208 e. The van der Waals surface area contributed by atoms with Crippen LogP contribution in [-0.4, -0.2) is 14.5 Å². The number of benzene rings is 1. The fraction of sp³-hybridized carbons (Fsp3) is 0.600. The van der Waals surface area contributed by atoms with E-state index in [2.05, 4.69) is 18.6 Å². The Hall–Kier alpha value is -0.870. The van der Waals surface area contributed by atoms with Crippen LogP contribution in [0, 0.1) is 12.8 Å². The smallest absolute Gasteiger partial charge is 0.208 e. The summed E-state index contributed by atoms with van der Waals surface area (Å²) < 4.78 is 27.0. The molecule has 0 aliphatic heterocycles. The second-order valence-corrected chi connectivity index (χ2v) is 7.37. The molecule has 0 fully saturated rings. The van der Waals surface area contributed by atoms with Crippen molar-refractivity contribution in [1.29, 1.82) is 0 Å². The Bertz CT molecular complexity index is 477. The van der Waals surface area contributed by atoms with Crippen LogP contribution in [0.4, 0.5) is 0 Å². The third kappa shape index (κ3) is 5.74. The normalized spacial score (nSPS) is 13.7. The summed E-state index contributed by atoms with van der Waals surface area (Å²) in [5.74, 6) is 0.668. The summed E-state index contributed by atoms with van der Waals surface area (Å²) in [6, 6.07) is 6.91. The molecule has 0 unspecified atom stereocenters. The molecule has 1 aromatic rings. The molecule has 0 radical (unpaired) electrons. The average molecular weight is 283 g/mol. The summed E-state index contributed by atoms with van der Waals surface area (Å²) in [6.45, 7) is 8.23. The highest BCUT2D eigenvalue weighted by atomic mass is 32.2. The predicted molar refractivity (Wildman–Crippen MR) is 79.7 cm³/mol. The van der Waals surface area contributed by atoms with Crippen molar-refractivity contribution in [3.8, 4) is 0 Å². The third-order valence-electron chi connectivity index (χ3n) is 3.11. The van der Waals surface area contributed by atoms with Crippen molar-refractivity contribution in [3.63, 3.8) is 0 Å². The average Bonchev–Trinajstić information content (AvgIpc) is 2.28. The topological polar surface area (TPSA) is 46.2 Å². The number of sulfonamides is 1. The summed E-state index contributed by atoms with van der Waals surface area (Å²) >= 11 is 0. The highest BCUT2D eigenvalue weighted by molar-refractivity contribution is 7.89. The Morgan fingerprint density at radius 2 is 1.63 bits per heavy atom. The first kappa shape index (κ1) is 16.2. The van der Waals surface area contributed by atoms with E-state index in [1.807, 2.05) is 26.0 Å². The molecule has 0 saturated heterocycles. The van der Waals surface area contributed by atoms with E-state index >= 15 is 0 Å². The number of nitrogens with one attached hydrogen (secondary N) is 1. The minimum absolute atomic E-state index is 0.0231. The molecule has 1 N–H and O–H groups in total. The molecule has 0 bridgehead atoms. The van der Waals surface area contributed by atoms with Gasteiger partial charge in [-0.25, -0.2) is 13.1 Å². The van der Waals surface area contributed by atoms with Crippen LogP contribution in [0.15, 0.2) is 29.2 Å². The summed E-state index contributed by atoms with van der Waals surface area (Å²) in [5, 5.41) is 0. The Balaban J connectivity index is 2.57. The fourth-order valence-corrected chi connectivity index (χ4v) is 3.22. The van der Waals surface area contributed by atoms with Crippen LogP contribution < -0.4 is 4.72 Å². The van der Waals surface area contributed by atoms with Crippen molar-refractivity contribution >= 4 is 10.0 Å². The Labute approximate surface area is 117 Å². The van der Waals surface area contributed by atoms with E-state index in [1.54, 1.807) is 12.1 Å². The van der Waals surface area contributed by atoms with Gasteiger partial charge in [0.1, 0.15) is 0 Å². The van der Waals surface area contributed by atoms with E-state index in [0.29, 0.717) is 10.8 Å². The first-order valence-corrected chi connectivity index (χ1v) is 8.38. The highest BCUT2D eigenvalue weighted by Crippen LogP contribution is 2.13. The maximum Gasteiger partial charge on any atom is 0.240 e. The van der Waals surface area contributed by atoms with Crippen molar-refractivity contribution < 1.29 is 8.42 Å². The molecule has 1 aromatic carbocycles. The van der Waals surface area contributed by atoms with Crippen molar-refractivity contribution in [2.45, 2.75) is 57.9 Å². The van der Waals surface area contributed by atoms with Crippen LogP contribution in [0.2, 0.25) is 0 Å². The summed E-state index contributed by atoms with van der Waals surface area (Å²) in [7, 11) is -3.38. The summed E-state index contributed by atoms with van der Waals surface area (Å²) in [4.78, 5) is 0.341. The Morgan fingerprint density at radius 1 is 1.05 bits per heavy atom. The van der Waals surface area contributed by atoms with Gasteiger partial charge in [-0.2, -0.15) is 0 Å². The molecule has 0 heterocycles. The van der Waals surface area contributed by atoms with Gasteiger partial charge in [0.25, 0.3) is 0 Å². The Kier molecular flexibility index (Phi) is 6.01. The zero-order chi connectivity index (χ0) is 14.5. The fourth-order valence-electron chi connectivity index (χ4n) is 1.94. The monoisotopic (exact) mass is 283 g/mol. The zero-order valence-corrected chi connectivity index (χ0v) is 13.1. The van der Waals surface area contributed by atoms with Crippen LogP contribution >= 0.6 is 0 Å². The predicted octanol–water partition coefficient (Wildman–Crippen LogP) is 3.49. The van der Waals surface area contributed by atoms with Crippen LogP contribution in [0.3, 0.4) is 0 Å². The standard InChI is InChI=1S/C15H25NO2S/c1-12(2)6-5-7-14(4)16-19(17,18)15-10-8-13(3)9-11-15/h8-12,14,16H,5-7H2,1-4H3/t14-/m0/s1. The van der Waals surface area contributed by atoms with Crippen LogP contribution in [-0.2, 0) is 10.0 Å². The number of rotatable bonds is 7. The molecule has 0 saturated carbocycles. The van der Waals surface area contributed by atoms with Crippen molar-refractivity contribution in [1.82, 2.24) is 4.72 Å². The van der Waals surface area contributed by atoms with Gasteiger partial charge in [-0.3, -0.25) is 0 Å². The SMILES string of the molecule is Cc1ccc(S(=O)(=O)N[C@@H](C)CCCC(C)C)cc1. The molecule has 1 rings (SSSR count). The van der Waals surface area contributed by atoms with E-state index in [-0.39, 0.29) is 6.04 Å². The molecule has 3 nitrogen and oxygen atoms in total. The number of aryl methyl sites for hydroxylation is 1. The van der Waals surface area contributed by atoms with Crippen LogP contribution in [0.25, 0.3) is 0 Å². The third-order valence-corrected chi connectivity index (χ3v) is 4.71. The molecule has 1 atom stereocenters. The molecule has 4 heteroatoms. The minimum atomic E-state index is -3.38. The van der Waals surface area contributed by atoms with E-state index in [9.17, 15) is 8.42 Å². The second-order valence-electron chi connectivity index (χ2n) is 5.66.